The predicted molar refractivity (Wildman–Crippen MR) is 61.5 cm³/mol. The SMILES string of the molecule is O=C(CCl)Nc1c[n+](Cc2ccc(F)cc2)no1. The third-order valence-electron chi connectivity index (χ3n) is 2.15. The van der Waals surface area contributed by atoms with Crippen molar-refractivity contribution in [1.82, 2.24) is 5.27 Å². The average Bonchev–Trinajstić information content (AvgIpc) is 2.79. The zero-order chi connectivity index (χ0) is 13.0. The van der Waals surface area contributed by atoms with E-state index in [1.807, 2.05) is 0 Å². The van der Waals surface area contributed by atoms with Crippen LogP contribution < -0.4 is 10.00 Å². The zero-order valence-electron chi connectivity index (χ0n) is 9.27. The van der Waals surface area contributed by atoms with E-state index in [0.717, 1.165) is 5.56 Å². The Morgan fingerprint density at radius 3 is 2.83 bits per heavy atom. The lowest BCUT2D eigenvalue weighted by atomic mass is 10.2. The molecule has 0 spiro atoms. The Morgan fingerprint density at radius 2 is 2.17 bits per heavy atom. The molecule has 2 rings (SSSR count). The molecular formula is C11H10ClFN3O2+. The van der Waals surface area contributed by atoms with Crippen molar-refractivity contribution in [3.05, 3.63) is 41.8 Å². The number of benzene rings is 1. The van der Waals surface area contributed by atoms with E-state index < -0.39 is 0 Å². The molecule has 0 saturated heterocycles. The number of hydrogen-bond acceptors (Lipinski definition) is 3. The Hall–Kier alpha value is -1.95. The first-order valence-electron chi connectivity index (χ1n) is 5.14. The van der Waals surface area contributed by atoms with E-state index in [9.17, 15) is 9.18 Å². The fourth-order valence-electron chi connectivity index (χ4n) is 1.36. The van der Waals surface area contributed by atoms with Gasteiger partial charge >= 0.3 is 5.88 Å². The average molecular weight is 271 g/mol. The van der Waals surface area contributed by atoms with Gasteiger partial charge in [-0.25, -0.2) is 4.39 Å². The fourth-order valence-corrected chi connectivity index (χ4v) is 1.42. The summed E-state index contributed by atoms with van der Waals surface area (Å²) in [5.74, 6) is -0.609. The molecule has 0 fully saturated rings. The highest BCUT2D eigenvalue weighted by molar-refractivity contribution is 6.28. The molecule has 0 unspecified atom stereocenters. The Labute approximate surface area is 107 Å². The quantitative estimate of drug-likeness (QED) is 0.673. The van der Waals surface area contributed by atoms with E-state index in [1.54, 1.807) is 12.1 Å². The van der Waals surface area contributed by atoms with E-state index in [0.29, 0.717) is 6.54 Å². The molecule has 0 saturated carbocycles. The van der Waals surface area contributed by atoms with E-state index in [1.165, 1.54) is 23.0 Å². The van der Waals surface area contributed by atoms with Gasteiger partial charge in [0.25, 0.3) is 6.20 Å². The van der Waals surface area contributed by atoms with Crippen LogP contribution in [0.3, 0.4) is 0 Å². The smallest absolute Gasteiger partial charge is 0.288 e. The third kappa shape index (κ3) is 3.27. The highest BCUT2D eigenvalue weighted by Gasteiger charge is 2.13. The molecule has 2 aromatic rings. The van der Waals surface area contributed by atoms with Crippen LogP contribution >= 0.6 is 11.6 Å². The van der Waals surface area contributed by atoms with Gasteiger partial charge in [-0.15, -0.1) is 11.6 Å². The molecule has 1 N–H and O–H groups in total. The van der Waals surface area contributed by atoms with Crippen LogP contribution in [0, 0.1) is 5.82 Å². The molecule has 5 nitrogen and oxygen atoms in total. The monoisotopic (exact) mass is 270 g/mol. The van der Waals surface area contributed by atoms with Crippen molar-refractivity contribution in [2.75, 3.05) is 11.2 Å². The van der Waals surface area contributed by atoms with Crippen molar-refractivity contribution in [3.63, 3.8) is 0 Å². The Morgan fingerprint density at radius 1 is 1.44 bits per heavy atom. The molecule has 18 heavy (non-hydrogen) atoms. The van der Waals surface area contributed by atoms with Crippen LogP contribution in [0.4, 0.5) is 10.3 Å². The van der Waals surface area contributed by atoms with E-state index in [4.69, 9.17) is 16.1 Å². The molecular weight excluding hydrogens is 261 g/mol. The summed E-state index contributed by atoms with van der Waals surface area (Å²) in [5, 5.41) is 6.14. The third-order valence-corrected chi connectivity index (χ3v) is 2.39. The Bertz CT molecular complexity index is 541. The predicted octanol–water partition coefficient (Wildman–Crippen LogP) is 1.33. The van der Waals surface area contributed by atoms with Gasteiger partial charge < -0.3 is 0 Å². The van der Waals surface area contributed by atoms with Crippen LogP contribution in [0.5, 0.6) is 0 Å². The van der Waals surface area contributed by atoms with E-state index in [2.05, 4.69) is 10.6 Å². The van der Waals surface area contributed by atoms with Gasteiger partial charge in [0.2, 0.25) is 17.7 Å². The van der Waals surface area contributed by atoms with Crippen LogP contribution in [-0.2, 0) is 11.3 Å². The zero-order valence-corrected chi connectivity index (χ0v) is 10.0. The number of hydrogen-bond donors (Lipinski definition) is 1. The molecule has 1 aromatic heterocycles. The van der Waals surface area contributed by atoms with Gasteiger partial charge in [0.05, 0.1) is 0 Å². The second kappa shape index (κ2) is 5.59. The molecule has 0 aliphatic heterocycles. The van der Waals surface area contributed by atoms with E-state index >= 15 is 0 Å². The highest BCUT2D eigenvalue weighted by atomic mass is 35.5. The van der Waals surface area contributed by atoms with Gasteiger partial charge in [-0.2, -0.15) is 0 Å². The van der Waals surface area contributed by atoms with Crippen molar-refractivity contribution in [3.8, 4) is 0 Å². The fraction of sp³-hybridized carbons (Fsp3) is 0.182. The minimum Gasteiger partial charge on any atom is -0.288 e. The lowest BCUT2D eigenvalue weighted by Gasteiger charge is -1.92. The van der Waals surface area contributed by atoms with Crippen molar-refractivity contribution < 1.29 is 18.4 Å². The van der Waals surface area contributed by atoms with Crippen molar-refractivity contribution in [2.45, 2.75) is 6.54 Å². The first-order valence-corrected chi connectivity index (χ1v) is 5.67. The molecule has 1 aromatic carbocycles. The maximum atomic E-state index is 12.7. The number of amides is 1. The molecule has 0 bridgehead atoms. The van der Waals surface area contributed by atoms with Crippen LogP contribution in [0.15, 0.2) is 35.0 Å². The molecule has 1 heterocycles. The van der Waals surface area contributed by atoms with Crippen LogP contribution in [0.25, 0.3) is 0 Å². The lowest BCUT2D eigenvalue weighted by Crippen LogP contribution is -2.35. The number of nitrogens with one attached hydrogen (secondary N) is 1. The van der Waals surface area contributed by atoms with E-state index in [-0.39, 0.29) is 23.5 Å². The summed E-state index contributed by atoms with van der Waals surface area (Å²) in [6, 6.07) is 6.03. The minimum absolute atomic E-state index is 0.154. The molecule has 0 aliphatic carbocycles. The van der Waals surface area contributed by atoms with Crippen LogP contribution in [-0.4, -0.2) is 17.1 Å². The topological polar surface area (TPSA) is 59.0 Å². The number of anilines is 1. The molecule has 94 valence electrons. The molecule has 0 aliphatic rings. The van der Waals surface area contributed by atoms with Crippen LogP contribution in [0.1, 0.15) is 5.56 Å². The standard InChI is InChI=1S/C11H9ClFN3O2/c12-5-10(17)14-11-7-16(15-18-11)6-8-1-3-9(13)4-2-8/h1-4,7H,5-6H2/p+1. The summed E-state index contributed by atoms with van der Waals surface area (Å²) >= 11 is 5.34. The number of aromatic nitrogens is 2. The van der Waals surface area contributed by atoms with Gasteiger partial charge in [0.15, 0.2) is 0 Å². The van der Waals surface area contributed by atoms with Crippen molar-refractivity contribution >= 4 is 23.4 Å². The maximum absolute atomic E-state index is 12.7. The minimum atomic E-state index is -0.373. The van der Waals surface area contributed by atoms with Crippen LogP contribution in [0.2, 0.25) is 0 Å². The number of alkyl halides is 1. The second-order valence-corrected chi connectivity index (χ2v) is 3.84. The summed E-state index contributed by atoms with van der Waals surface area (Å²) in [4.78, 5) is 11.0. The second-order valence-electron chi connectivity index (χ2n) is 3.57. The number of halogens is 2. The van der Waals surface area contributed by atoms with Gasteiger partial charge in [0, 0.05) is 5.56 Å². The number of carbonyl (C=O) groups is 1. The largest absolute Gasteiger partial charge is 0.302 e. The van der Waals surface area contributed by atoms with Crippen molar-refractivity contribution in [1.29, 1.82) is 0 Å². The van der Waals surface area contributed by atoms with Crippen molar-refractivity contribution in [2.24, 2.45) is 0 Å². The molecule has 1 amide bonds. The lowest BCUT2D eigenvalue weighted by molar-refractivity contribution is -0.754. The summed E-state index contributed by atoms with van der Waals surface area (Å²) < 4.78 is 19.1. The number of rotatable bonds is 4. The molecule has 0 radical (unpaired) electrons. The maximum Gasteiger partial charge on any atom is 0.302 e. The first kappa shape index (κ1) is 12.5. The van der Waals surface area contributed by atoms with Gasteiger partial charge in [-0.05, 0) is 28.9 Å². The summed E-state index contributed by atoms with van der Waals surface area (Å²) in [6.07, 6.45) is 1.52. The normalized spacial score (nSPS) is 10.3. The Kier molecular flexibility index (Phi) is 3.88. The van der Waals surface area contributed by atoms with Gasteiger partial charge in [0.1, 0.15) is 11.7 Å². The summed E-state index contributed by atoms with van der Waals surface area (Å²) in [6.45, 7) is 0.417. The van der Waals surface area contributed by atoms with Gasteiger partial charge in [-0.1, -0.05) is 0 Å². The summed E-state index contributed by atoms with van der Waals surface area (Å²) in [5.41, 5.74) is 0.866. The summed E-state index contributed by atoms with van der Waals surface area (Å²) in [7, 11) is 0. The highest BCUT2D eigenvalue weighted by Crippen LogP contribution is 2.04. The van der Waals surface area contributed by atoms with Gasteiger partial charge in [-0.3, -0.25) is 14.6 Å². The number of nitrogens with zero attached hydrogens (tertiary/aromatic N) is 2. The molecule has 7 heteroatoms. The Balaban J connectivity index is 2.02. The first-order chi connectivity index (χ1) is 8.67. The molecule has 0 atom stereocenters. The number of carbonyl (C=O) groups excluding carboxylic acids is 1.